The molecule has 2 heteroatoms. The van der Waals surface area contributed by atoms with Gasteiger partial charge in [-0.15, -0.1) is 0 Å². The van der Waals surface area contributed by atoms with Crippen LogP contribution in [-0.2, 0) is 16.2 Å². The Morgan fingerprint density at radius 1 is 0.317 bits per heavy atom. The van der Waals surface area contributed by atoms with E-state index in [2.05, 4.69) is 209 Å². The van der Waals surface area contributed by atoms with Gasteiger partial charge in [-0.05, 0) is 137 Å². The summed E-state index contributed by atoms with van der Waals surface area (Å²) in [6.07, 6.45) is 0. The summed E-state index contributed by atoms with van der Waals surface area (Å²) in [5.74, 6) is -0.199. The van der Waals surface area contributed by atoms with Crippen LogP contribution in [0.3, 0.4) is 0 Å². The van der Waals surface area contributed by atoms with E-state index in [1.54, 1.807) is 12.1 Å². The van der Waals surface area contributed by atoms with Crippen molar-refractivity contribution in [3.63, 3.8) is 0 Å². The molecule has 9 aromatic rings. The lowest BCUT2D eigenvalue weighted by Crippen LogP contribution is -2.25. The van der Waals surface area contributed by atoms with E-state index in [4.69, 9.17) is 0 Å². The van der Waals surface area contributed by atoms with E-state index in [1.165, 1.54) is 77.9 Å². The van der Waals surface area contributed by atoms with Crippen molar-refractivity contribution < 1.29 is 4.39 Å². The molecule has 0 aromatic heterocycles. The lowest BCUT2D eigenvalue weighted by molar-refractivity contribution is 0.609. The van der Waals surface area contributed by atoms with Gasteiger partial charge in [0.05, 0.1) is 11.1 Å². The SMILES string of the molecule is CC1(C)c2ccccc2-c2ccc(N(c3ccc4c(c3)C(C)(C)c3cc(F)ccc3-4)c3ccccc3-c3cccc4c3-c3ccccc3C43c4ccccc4-c4ccccc43)cc21. The molecule has 0 radical (unpaired) electrons. The summed E-state index contributed by atoms with van der Waals surface area (Å²) < 4.78 is 14.9. The molecule has 0 amide bonds. The highest BCUT2D eigenvalue weighted by Gasteiger charge is 2.52. The molecule has 0 unspecified atom stereocenters. The number of anilines is 3. The lowest BCUT2D eigenvalue weighted by Gasteiger charge is -2.32. The number of halogens is 1. The van der Waals surface area contributed by atoms with Crippen LogP contribution >= 0.6 is 0 Å². The molecule has 0 saturated heterocycles. The van der Waals surface area contributed by atoms with Gasteiger partial charge in [0, 0.05) is 27.8 Å². The van der Waals surface area contributed by atoms with E-state index in [-0.39, 0.29) is 16.6 Å². The Bertz CT molecular complexity index is 3390. The number of nitrogens with zero attached hydrogens (tertiary/aromatic N) is 1. The van der Waals surface area contributed by atoms with E-state index in [1.807, 2.05) is 6.07 Å². The third-order valence-electron chi connectivity index (χ3n) is 15.2. The molecule has 0 N–H and O–H groups in total. The van der Waals surface area contributed by atoms with Gasteiger partial charge in [0.15, 0.2) is 0 Å². The second-order valence-corrected chi connectivity index (χ2v) is 18.9. The molecule has 0 fully saturated rings. The zero-order chi connectivity index (χ0) is 42.4. The Labute approximate surface area is 368 Å². The fourth-order valence-electron chi connectivity index (χ4n) is 12.4. The van der Waals surface area contributed by atoms with Crippen LogP contribution in [0.1, 0.15) is 72.2 Å². The molecule has 0 saturated carbocycles. The van der Waals surface area contributed by atoms with E-state index in [0.717, 1.165) is 39.3 Å². The average molecular weight is 810 g/mol. The first kappa shape index (κ1) is 36.4. The smallest absolute Gasteiger partial charge is 0.123 e. The monoisotopic (exact) mass is 809 g/mol. The number of fused-ring (bicyclic) bond motifs is 16. The zero-order valence-corrected chi connectivity index (χ0v) is 35.8. The van der Waals surface area contributed by atoms with Crippen LogP contribution in [-0.4, -0.2) is 0 Å². The number of benzene rings is 9. The molecule has 13 rings (SSSR count). The van der Waals surface area contributed by atoms with Gasteiger partial charge in [0.2, 0.25) is 0 Å². The number of hydrogen-bond donors (Lipinski definition) is 0. The van der Waals surface area contributed by atoms with E-state index in [0.29, 0.717) is 0 Å². The summed E-state index contributed by atoms with van der Waals surface area (Å²) in [6, 6.07) is 71.2. The molecule has 1 spiro atoms. The molecule has 0 aliphatic heterocycles. The van der Waals surface area contributed by atoms with Crippen LogP contribution in [0.15, 0.2) is 194 Å². The van der Waals surface area contributed by atoms with Crippen LogP contribution < -0.4 is 4.90 Å². The van der Waals surface area contributed by atoms with Crippen molar-refractivity contribution in [2.75, 3.05) is 4.90 Å². The predicted molar refractivity (Wildman–Crippen MR) is 258 cm³/mol. The minimum atomic E-state index is -0.440. The van der Waals surface area contributed by atoms with Crippen molar-refractivity contribution in [2.45, 2.75) is 43.9 Å². The first-order chi connectivity index (χ1) is 30.7. The largest absolute Gasteiger partial charge is 0.310 e. The fraction of sp³-hybridized carbons (Fsp3) is 0.115. The van der Waals surface area contributed by atoms with Crippen LogP contribution in [0.4, 0.5) is 21.5 Å². The molecule has 63 heavy (non-hydrogen) atoms. The Hall–Kier alpha value is -7.29. The molecule has 0 bridgehead atoms. The van der Waals surface area contributed by atoms with Gasteiger partial charge in [-0.2, -0.15) is 0 Å². The molecule has 9 aromatic carbocycles. The second kappa shape index (κ2) is 12.6. The van der Waals surface area contributed by atoms with Crippen molar-refractivity contribution in [1.29, 1.82) is 0 Å². The number of hydrogen-bond acceptors (Lipinski definition) is 1. The summed E-state index contributed by atoms with van der Waals surface area (Å²) >= 11 is 0. The molecule has 300 valence electrons. The Balaban J connectivity index is 1.07. The molecular weight excluding hydrogens is 766 g/mol. The van der Waals surface area contributed by atoms with Gasteiger partial charge >= 0.3 is 0 Å². The topological polar surface area (TPSA) is 3.24 Å². The molecule has 0 atom stereocenters. The summed E-state index contributed by atoms with van der Waals surface area (Å²) in [5, 5.41) is 0. The maximum Gasteiger partial charge on any atom is 0.123 e. The van der Waals surface area contributed by atoms with Gasteiger partial charge in [-0.25, -0.2) is 4.39 Å². The standard InChI is InChI=1S/C61H44FN/c1-59(2)49-22-10-5-16-40(49)44-32-29-38(35-55(44)59)63(39-30-33-45-43-31-28-37(62)34-54(43)60(3,4)56(45)36-39)57-27-14-9-19-46(57)47-21-15-26-53-58(47)48-20-8-13-25-52(48)61(53)50-23-11-6-17-41(50)42-18-7-12-24-51(42)61/h5-36H,1-4H3. The van der Waals surface area contributed by atoms with Gasteiger partial charge in [0.1, 0.15) is 5.82 Å². The van der Waals surface area contributed by atoms with Crippen LogP contribution in [0.5, 0.6) is 0 Å². The molecule has 1 nitrogen and oxygen atoms in total. The lowest BCUT2D eigenvalue weighted by atomic mass is 9.70. The Kier molecular flexibility index (Phi) is 7.30. The Morgan fingerprint density at radius 3 is 1.32 bits per heavy atom. The summed E-state index contributed by atoms with van der Waals surface area (Å²) in [4.78, 5) is 2.48. The zero-order valence-electron chi connectivity index (χ0n) is 35.8. The van der Waals surface area contributed by atoms with E-state index < -0.39 is 5.41 Å². The number of rotatable bonds is 4. The van der Waals surface area contributed by atoms with Crippen LogP contribution in [0.2, 0.25) is 0 Å². The van der Waals surface area contributed by atoms with Crippen molar-refractivity contribution in [3.8, 4) is 55.6 Å². The van der Waals surface area contributed by atoms with Crippen LogP contribution in [0, 0.1) is 5.82 Å². The van der Waals surface area contributed by atoms with E-state index in [9.17, 15) is 4.39 Å². The minimum absolute atomic E-state index is 0.176. The maximum atomic E-state index is 14.9. The molecule has 4 aliphatic rings. The minimum Gasteiger partial charge on any atom is -0.310 e. The third-order valence-corrected chi connectivity index (χ3v) is 15.2. The van der Waals surface area contributed by atoms with Crippen molar-refractivity contribution in [1.82, 2.24) is 0 Å². The van der Waals surface area contributed by atoms with Crippen molar-refractivity contribution >= 4 is 17.1 Å². The highest BCUT2D eigenvalue weighted by Crippen LogP contribution is 2.64. The first-order valence-electron chi connectivity index (χ1n) is 22.2. The quantitative estimate of drug-likeness (QED) is 0.171. The van der Waals surface area contributed by atoms with Gasteiger partial charge in [-0.1, -0.05) is 179 Å². The fourth-order valence-corrected chi connectivity index (χ4v) is 12.4. The van der Waals surface area contributed by atoms with Crippen LogP contribution in [0.25, 0.3) is 55.6 Å². The molecule has 0 heterocycles. The maximum absolute atomic E-state index is 14.9. The Morgan fingerprint density at radius 2 is 0.714 bits per heavy atom. The molecular formula is C61H44FN. The first-order valence-corrected chi connectivity index (χ1v) is 22.2. The summed E-state index contributed by atoms with van der Waals surface area (Å²) in [7, 11) is 0. The third kappa shape index (κ3) is 4.65. The highest BCUT2D eigenvalue weighted by molar-refractivity contribution is 6.03. The van der Waals surface area contributed by atoms with Gasteiger partial charge in [-0.3, -0.25) is 0 Å². The normalized spacial score (nSPS) is 15.4. The van der Waals surface area contributed by atoms with Gasteiger partial charge < -0.3 is 4.90 Å². The predicted octanol–water partition coefficient (Wildman–Crippen LogP) is 15.9. The average Bonchev–Trinajstić information content (AvgIpc) is 3.94. The van der Waals surface area contributed by atoms with Crippen molar-refractivity contribution in [2.24, 2.45) is 0 Å². The molecule has 4 aliphatic carbocycles. The highest BCUT2D eigenvalue weighted by atomic mass is 19.1. The van der Waals surface area contributed by atoms with E-state index >= 15 is 0 Å². The number of para-hydroxylation sites is 1. The second-order valence-electron chi connectivity index (χ2n) is 18.9. The summed E-state index contributed by atoms with van der Waals surface area (Å²) in [6.45, 7) is 9.17. The summed E-state index contributed by atoms with van der Waals surface area (Å²) in [5.41, 5.74) is 24.9. The van der Waals surface area contributed by atoms with Gasteiger partial charge in [0.25, 0.3) is 0 Å². The van der Waals surface area contributed by atoms with Crippen molar-refractivity contribution in [3.05, 3.63) is 244 Å².